The second-order valence-corrected chi connectivity index (χ2v) is 7.37. The van der Waals surface area contributed by atoms with Gasteiger partial charge in [-0.3, -0.25) is 14.9 Å². The Labute approximate surface area is 195 Å². The molecule has 0 aliphatic heterocycles. The quantitative estimate of drug-likeness (QED) is 0.311. The maximum atomic E-state index is 13.1. The predicted molar refractivity (Wildman–Crippen MR) is 126 cm³/mol. The molecule has 0 saturated heterocycles. The van der Waals surface area contributed by atoms with E-state index in [1.165, 1.54) is 16.8 Å². The fourth-order valence-corrected chi connectivity index (χ4v) is 3.47. The molecule has 0 fully saturated rings. The van der Waals surface area contributed by atoms with E-state index in [0.29, 0.717) is 17.2 Å². The van der Waals surface area contributed by atoms with E-state index in [9.17, 15) is 14.9 Å². The van der Waals surface area contributed by atoms with Gasteiger partial charge in [-0.25, -0.2) is 4.68 Å². The summed E-state index contributed by atoms with van der Waals surface area (Å²) in [6.45, 7) is 0. The smallest absolute Gasteiger partial charge is 0.272 e. The molecule has 0 aliphatic carbocycles. The molecule has 1 heterocycles. The van der Waals surface area contributed by atoms with E-state index in [0.717, 1.165) is 11.1 Å². The first kappa shape index (κ1) is 22.5. The van der Waals surface area contributed by atoms with Crippen molar-refractivity contribution in [1.82, 2.24) is 15.1 Å². The van der Waals surface area contributed by atoms with Crippen molar-refractivity contribution in [1.29, 1.82) is 0 Å². The van der Waals surface area contributed by atoms with Crippen LogP contribution in [0.5, 0.6) is 11.5 Å². The van der Waals surface area contributed by atoms with Crippen LogP contribution in [0, 0.1) is 10.1 Å². The number of nitro groups is 1. The largest absolute Gasteiger partial charge is 0.497 e. The average molecular weight is 458 g/mol. The fourth-order valence-electron chi connectivity index (χ4n) is 3.47. The van der Waals surface area contributed by atoms with E-state index in [2.05, 4.69) is 10.4 Å². The third-order valence-electron chi connectivity index (χ3n) is 5.32. The lowest BCUT2D eigenvalue weighted by atomic mass is 9.98. The first-order chi connectivity index (χ1) is 16.5. The van der Waals surface area contributed by atoms with Crippen LogP contribution in [-0.4, -0.2) is 34.8 Å². The third-order valence-corrected chi connectivity index (χ3v) is 5.32. The molecule has 0 spiro atoms. The summed E-state index contributed by atoms with van der Waals surface area (Å²) in [7, 11) is 3.19. The van der Waals surface area contributed by atoms with E-state index in [-0.39, 0.29) is 17.3 Å². The Morgan fingerprint density at radius 1 is 0.882 bits per heavy atom. The Morgan fingerprint density at radius 3 is 1.88 bits per heavy atom. The predicted octanol–water partition coefficient (Wildman–Crippen LogP) is 4.32. The van der Waals surface area contributed by atoms with Crippen molar-refractivity contribution < 1.29 is 19.2 Å². The first-order valence-corrected chi connectivity index (χ1v) is 10.4. The molecule has 0 radical (unpaired) electrons. The maximum Gasteiger partial charge on any atom is 0.272 e. The number of aromatic nitrogens is 2. The van der Waals surface area contributed by atoms with Crippen LogP contribution in [-0.2, 0) is 0 Å². The highest BCUT2D eigenvalue weighted by atomic mass is 16.6. The van der Waals surface area contributed by atoms with Gasteiger partial charge in [-0.1, -0.05) is 24.3 Å². The standard InChI is InChI=1S/C25H22N4O5/c1-33-21-11-3-17(4-12-21)24(18-5-13-22(34-2)14-6-18)26-25(30)23-15-16-28(27-23)19-7-9-20(10-8-19)29(31)32/h3-16,24H,1-2H3,(H,26,30). The number of nitrogens with zero attached hydrogens (tertiary/aromatic N) is 3. The van der Waals surface area contributed by atoms with E-state index in [1.54, 1.807) is 38.6 Å². The summed E-state index contributed by atoms with van der Waals surface area (Å²) in [5.74, 6) is 1.06. The lowest BCUT2D eigenvalue weighted by molar-refractivity contribution is -0.384. The summed E-state index contributed by atoms with van der Waals surface area (Å²) >= 11 is 0. The van der Waals surface area contributed by atoms with Crippen LogP contribution in [0.4, 0.5) is 5.69 Å². The Balaban J connectivity index is 1.59. The van der Waals surface area contributed by atoms with E-state index < -0.39 is 11.0 Å². The summed E-state index contributed by atoms with van der Waals surface area (Å²) in [5, 5.41) is 18.3. The number of methoxy groups -OCH3 is 2. The zero-order valence-corrected chi connectivity index (χ0v) is 18.5. The van der Waals surface area contributed by atoms with Crippen LogP contribution < -0.4 is 14.8 Å². The van der Waals surface area contributed by atoms with Crippen LogP contribution in [0.2, 0.25) is 0 Å². The Hall–Kier alpha value is -4.66. The number of rotatable bonds is 8. The molecule has 3 aromatic carbocycles. The molecule has 4 rings (SSSR count). The number of non-ortho nitro benzene ring substituents is 1. The van der Waals surface area contributed by atoms with Crippen LogP contribution in [0.25, 0.3) is 5.69 Å². The molecule has 9 heteroatoms. The highest BCUT2D eigenvalue weighted by molar-refractivity contribution is 5.92. The SMILES string of the molecule is COc1ccc(C(NC(=O)c2ccn(-c3ccc([N+](=O)[O-])cc3)n2)c2ccc(OC)cc2)cc1. The van der Waals surface area contributed by atoms with Crippen molar-refractivity contribution in [3.63, 3.8) is 0 Å². The van der Waals surface area contributed by atoms with Gasteiger partial charge < -0.3 is 14.8 Å². The second kappa shape index (κ2) is 9.86. The van der Waals surface area contributed by atoms with E-state index >= 15 is 0 Å². The summed E-state index contributed by atoms with van der Waals surface area (Å²) < 4.78 is 12.0. The molecule has 172 valence electrons. The minimum atomic E-state index is -0.468. The molecular weight excluding hydrogens is 436 g/mol. The van der Waals surface area contributed by atoms with Crippen LogP contribution in [0.15, 0.2) is 85.1 Å². The Bertz CT molecular complexity index is 1230. The molecule has 1 amide bonds. The highest BCUT2D eigenvalue weighted by Crippen LogP contribution is 2.26. The van der Waals surface area contributed by atoms with E-state index in [1.807, 2.05) is 48.5 Å². The molecule has 0 atom stereocenters. The fraction of sp³-hybridized carbons (Fsp3) is 0.120. The average Bonchev–Trinajstić information content (AvgIpc) is 3.38. The van der Waals surface area contributed by atoms with Crippen molar-refractivity contribution in [2.75, 3.05) is 14.2 Å². The zero-order valence-electron chi connectivity index (χ0n) is 18.5. The molecule has 0 aliphatic rings. The first-order valence-electron chi connectivity index (χ1n) is 10.4. The minimum absolute atomic E-state index is 0.0179. The van der Waals surface area contributed by atoms with Crippen molar-refractivity contribution in [2.45, 2.75) is 6.04 Å². The van der Waals surface area contributed by atoms with Crippen LogP contribution >= 0.6 is 0 Å². The molecule has 4 aromatic rings. The van der Waals surface area contributed by atoms with Gasteiger partial charge in [0.1, 0.15) is 11.5 Å². The summed E-state index contributed by atoms with van der Waals surface area (Å²) in [6.07, 6.45) is 1.63. The molecule has 0 unspecified atom stereocenters. The lowest BCUT2D eigenvalue weighted by Gasteiger charge is -2.20. The van der Waals surface area contributed by atoms with Gasteiger partial charge in [-0.15, -0.1) is 0 Å². The molecular formula is C25H22N4O5. The van der Waals surface area contributed by atoms with Crippen LogP contribution in [0.3, 0.4) is 0 Å². The van der Waals surface area contributed by atoms with Gasteiger partial charge in [0.05, 0.1) is 30.9 Å². The number of hydrogen-bond donors (Lipinski definition) is 1. The molecule has 0 bridgehead atoms. The van der Waals surface area contributed by atoms with Gasteiger partial charge in [0, 0.05) is 18.3 Å². The number of ether oxygens (including phenoxy) is 2. The maximum absolute atomic E-state index is 13.1. The monoisotopic (exact) mass is 458 g/mol. The van der Waals surface area contributed by atoms with Crippen molar-refractivity contribution >= 4 is 11.6 Å². The molecule has 34 heavy (non-hydrogen) atoms. The number of carbonyl (C=O) groups excluding carboxylic acids is 1. The van der Waals surface area contributed by atoms with Gasteiger partial charge >= 0.3 is 0 Å². The van der Waals surface area contributed by atoms with Gasteiger partial charge in [-0.2, -0.15) is 5.10 Å². The topological polar surface area (TPSA) is 109 Å². The third kappa shape index (κ3) is 4.88. The van der Waals surface area contributed by atoms with Gasteiger partial charge in [-0.05, 0) is 53.6 Å². The van der Waals surface area contributed by atoms with E-state index in [4.69, 9.17) is 9.47 Å². The van der Waals surface area contributed by atoms with Crippen molar-refractivity contribution in [3.05, 3.63) is 112 Å². The normalized spacial score (nSPS) is 10.7. The number of hydrogen-bond acceptors (Lipinski definition) is 6. The van der Waals surface area contributed by atoms with Gasteiger partial charge in [0.25, 0.3) is 11.6 Å². The Kier molecular flexibility index (Phi) is 6.54. The zero-order chi connectivity index (χ0) is 24.1. The minimum Gasteiger partial charge on any atom is -0.497 e. The van der Waals surface area contributed by atoms with Crippen molar-refractivity contribution in [2.24, 2.45) is 0 Å². The summed E-state index contributed by atoms with van der Waals surface area (Å²) in [4.78, 5) is 23.5. The summed E-state index contributed by atoms with van der Waals surface area (Å²) in [6, 6.07) is 22.0. The van der Waals surface area contributed by atoms with Crippen LogP contribution in [0.1, 0.15) is 27.7 Å². The van der Waals surface area contributed by atoms with Gasteiger partial charge in [0.15, 0.2) is 5.69 Å². The number of benzene rings is 3. The number of carbonyl (C=O) groups is 1. The van der Waals surface area contributed by atoms with Gasteiger partial charge in [0.2, 0.25) is 0 Å². The highest BCUT2D eigenvalue weighted by Gasteiger charge is 2.20. The molecule has 1 N–H and O–H groups in total. The molecule has 1 aromatic heterocycles. The van der Waals surface area contributed by atoms with Crippen molar-refractivity contribution in [3.8, 4) is 17.2 Å². The molecule has 0 saturated carbocycles. The Morgan fingerprint density at radius 2 is 1.41 bits per heavy atom. The number of nitro benzene ring substituents is 1. The number of amides is 1. The lowest BCUT2D eigenvalue weighted by Crippen LogP contribution is -2.29. The summed E-state index contributed by atoms with van der Waals surface area (Å²) in [5.41, 5.74) is 2.54. The molecule has 9 nitrogen and oxygen atoms in total. The second-order valence-electron chi connectivity index (χ2n) is 7.37. The number of nitrogens with one attached hydrogen (secondary N) is 1.